The number of nitrogens with zero attached hydrogens (tertiary/aromatic N) is 2. The molecule has 0 saturated carbocycles. The number of guanidine groups is 1. The Balaban J connectivity index is 1.47. The average Bonchev–Trinajstić information content (AvgIpc) is 3.14. The van der Waals surface area contributed by atoms with Crippen molar-refractivity contribution in [2.24, 2.45) is 16.6 Å². The van der Waals surface area contributed by atoms with Gasteiger partial charge in [0.25, 0.3) is 0 Å². The molecule has 1 aromatic carbocycles. The Hall–Kier alpha value is -2.26. The SMILES string of the molecule is NC(=NCC1CCCN(Cc2cccs2)C1)Nc1ccc(OC(F)(F)F)cc1. The van der Waals surface area contributed by atoms with Crippen LogP contribution in [0, 0.1) is 5.92 Å². The number of hydrogen-bond donors (Lipinski definition) is 2. The monoisotopic (exact) mass is 412 g/mol. The van der Waals surface area contributed by atoms with Crippen LogP contribution in [0.25, 0.3) is 0 Å². The Morgan fingerprint density at radius 1 is 1.29 bits per heavy atom. The summed E-state index contributed by atoms with van der Waals surface area (Å²) in [4.78, 5) is 8.21. The second kappa shape index (κ2) is 9.29. The summed E-state index contributed by atoms with van der Waals surface area (Å²) in [5, 5.41) is 4.99. The largest absolute Gasteiger partial charge is 0.573 e. The van der Waals surface area contributed by atoms with Crippen LogP contribution in [0.3, 0.4) is 0 Å². The summed E-state index contributed by atoms with van der Waals surface area (Å²) in [6.45, 7) is 3.67. The highest BCUT2D eigenvalue weighted by molar-refractivity contribution is 7.09. The van der Waals surface area contributed by atoms with Gasteiger partial charge in [-0.15, -0.1) is 24.5 Å². The van der Waals surface area contributed by atoms with Gasteiger partial charge in [0, 0.05) is 30.2 Å². The van der Waals surface area contributed by atoms with Gasteiger partial charge >= 0.3 is 6.36 Å². The van der Waals surface area contributed by atoms with E-state index in [1.54, 1.807) is 11.3 Å². The summed E-state index contributed by atoms with van der Waals surface area (Å²) in [6, 6.07) is 9.61. The molecule has 5 nitrogen and oxygen atoms in total. The van der Waals surface area contributed by atoms with Crippen LogP contribution in [0.15, 0.2) is 46.8 Å². The molecule has 0 amide bonds. The molecule has 1 aliphatic rings. The topological polar surface area (TPSA) is 62.9 Å². The molecule has 1 unspecified atom stereocenters. The van der Waals surface area contributed by atoms with Crippen LogP contribution in [0.1, 0.15) is 17.7 Å². The molecular formula is C19H23F3N4OS. The molecule has 1 fully saturated rings. The molecule has 9 heteroatoms. The number of piperidine rings is 1. The number of alkyl halides is 3. The second-order valence-corrected chi connectivity index (χ2v) is 7.78. The van der Waals surface area contributed by atoms with Crippen LogP contribution in [0.2, 0.25) is 0 Å². The van der Waals surface area contributed by atoms with E-state index >= 15 is 0 Å². The van der Waals surface area contributed by atoms with E-state index in [1.165, 1.54) is 29.1 Å². The summed E-state index contributed by atoms with van der Waals surface area (Å²) >= 11 is 1.77. The first kappa shape index (κ1) is 20.5. The van der Waals surface area contributed by atoms with E-state index in [1.807, 2.05) is 0 Å². The fourth-order valence-electron chi connectivity index (χ4n) is 3.22. The Morgan fingerprint density at radius 2 is 2.07 bits per heavy atom. The lowest BCUT2D eigenvalue weighted by Crippen LogP contribution is -2.36. The molecule has 0 aliphatic carbocycles. The van der Waals surface area contributed by atoms with Crippen molar-refractivity contribution in [1.29, 1.82) is 0 Å². The number of anilines is 1. The predicted octanol–water partition coefficient (Wildman–Crippen LogP) is 4.29. The number of thiophene rings is 1. The van der Waals surface area contributed by atoms with Crippen molar-refractivity contribution in [3.63, 3.8) is 0 Å². The number of hydrogen-bond acceptors (Lipinski definition) is 4. The van der Waals surface area contributed by atoms with Gasteiger partial charge in [-0.05, 0) is 61.0 Å². The Kier molecular flexibility index (Phi) is 6.79. The van der Waals surface area contributed by atoms with Crippen LogP contribution >= 0.6 is 11.3 Å². The van der Waals surface area contributed by atoms with Crippen molar-refractivity contribution < 1.29 is 17.9 Å². The Bertz CT molecular complexity index is 762. The first-order chi connectivity index (χ1) is 13.4. The molecular weight excluding hydrogens is 389 g/mol. The van der Waals surface area contributed by atoms with Crippen molar-refractivity contribution in [2.45, 2.75) is 25.7 Å². The number of likely N-dealkylation sites (tertiary alicyclic amines) is 1. The van der Waals surface area contributed by atoms with Crippen LogP contribution < -0.4 is 15.8 Å². The van der Waals surface area contributed by atoms with E-state index in [0.717, 1.165) is 32.5 Å². The average molecular weight is 412 g/mol. The maximum Gasteiger partial charge on any atom is 0.573 e. The summed E-state index contributed by atoms with van der Waals surface area (Å²) in [7, 11) is 0. The maximum atomic E-state index is 12.2. The molecule has 3 N–H and O–H groups in total. The quantitative estimate of drug-likeness (QED) is 0.549. The molecule has 0 spiro atoms. The third kappa shape index (κ3) is 6.72. The van der Waals surface area contributed by atoms with Crippen molar-refractivity contribution in [3.8, 4) is 5.75 Å². The second-order valence-electron chi connectivity index (χ2n) is 6.75. The smallest absolute Gasteiger partial charge is 0.406 e. The summed E-state index contributed by atoms with van der Waals surface area (Å²) < 4.78 is 40.4. The van der Waals surface area contributed by atoms with Crippen LogP contribution in [0.4, 0.5) is 18.9 Å². The number of benzene rings is 1. The first-order valence-corrected chi connectivity index (χ1v) is 9.93. The Morgan fingerprint density at radius 3 is 2.75 bits per heavy atom. The normalized spacial score (nSPS) is 18.8. The van der Waals surface area contributed by atoms with E-state index in [2.05, 4.69) is 37.5 Å². The van der Waals surface area contributed by atoms with E-state index < -0.39 is 6.36 Å². The third-order valence-corrected chi connectivity index (χ3v) is 5.30. The van der Waals surface area contributed by atoms with Gasteiger partial charge in [-0.2, -0.15) is 0 Å². The molecule has 3 rings (SSSR count). The maximum absolute atomic E-state index is 12.2. The molecule has 28 heavy (non-hydrogen) atoms. The fraction of sp³-hybridized carbons (Fsp3) is 0.421. The van der Waals surface area contributed by atoms with Gasteiger partial charge in [-0.25, -0.2) is 0 Å². The van der Waals surface area contributed by atoms with E-state index in [0.29, 0.717) is 18.2 Å². The standard InChI is InChI=1S/C19H23F3N4OS/c20-19(21,22)27-16-7-5-15(6-8-16)25-18(23)24-11-14-3-1-9-26(12-14)13-17-4-2-10-28-17/h2,4-8,10,14H,1,3,9,11-13H2,(H3,23,24,25). The lowest BCUT2D eigenvalue weighted by molar-refractivity contribution is -0.274. The van der Waals surface area contributed by atoms with E-state index in [9.17, 15) is 13.2 Å². The number of rotatable bonds is 6. The van der Waals surface area contributed by atoms with Gasteiger partial charge in [-0.1, -0.05) is 6.07 Å². The minimum Gasteiger partial charge on any atom is -0.406 e. The molecule has 1 saturated heterocycles. The van der Waals surface area contributed by atoms with Crippen LogP contribution in [-0.2, 0) is 6.54 Å². The molecule has 1 atom stereocenters. The zero-order chi connectivity index (χ0) is 20.0. The molecule has 1 aliphatic heterocycles. The zero-order valence-corrected chi connectivity index (χ0v) is 16.1. The van der Waals surface area contributed by atoms with Gasteiger partial charge in [0.05, 0.1) is 0 Å². The van der Waals surface area contributed by atoms with E-state index in [-0.39, 0.29) is 11.7 Å². The molecule has 2 aromatic rings. The van der Waals surface area contributed by atoms with Gasteiger partial charge in [-0.3, -0.25) is 9.89 Å². The molecule has 0 bridgehead atoms. The van der Waals surface area contributed by atoms with Crippen LogP contribution in [-0.4, -0.2) is 36.9 Å². The number of nitrogens with one attached hydrogen (secondary N) is 1. The lowest BCUT2D eigenvalue weighted by Gasteiger charge is -2.31. The highest BCUT2D eigenvalue weighted by Crippen LogP contribution is 2.24. The van der Waals surface area contributed by atoms with Crippen LogP contribution in [0.5, 0.6) is 5.75 Å². The lowest BCUT2D eigenvalue weighted by atomic mass is 9.98. The number of nitrogens with two attached hydrogens (primary N) is 1. The van der Waals surface area contributed by atoms with Crippen molar-refractivity contribution in [2.75, 3.05) is 25.0 Å². The highest BCUT2D eigenvalue weighted by atomic mass is 32.1. The predicted molar refractivity (Wildman–Crippen MR) is 106 cm³/mol. The first-order valence-electron chi connectivity index (χ1n) is 9.05. The highest BCUT2D eigenvalue weighted by Gasteiger charge is 2.30. The minimum absolute atomic E-state index is 0.250. The molecule has 152 valence electrons. The van der Waals surface area contributed by atoms with Crippen molar-refractivity contribution in [1.82, 2.24) is 4.90 Å². The fourth-order valence-corrected chi connectivity index (χ4v) is 3.97. The van der Waals surface area contributed by atoms with Gasteiger partial charge in [0.1, 0.15) is 5.75 Å². The Labute approximate surface area is 166 Å². The number of halogens is 3. The van der Waals surface area contributed by atoms with Gasteiger partial charge < -0.3 is 15.8 Å². The van der Waals surface area contributed by atoms with Crippen molar-refractivity contribution in [3.05, 3.63) is 46.7 Å². The summed E-state index contributed by atoms with van der Waals surface area (Å²) in [6.07, 6.45) is -2.45. The minimum atomic E-state index is -4.70. The summed E-state index contributed by atoms with van der Waals surface area (Å²) in [5.41, 5.74) is 6.48. The third-order valence-electron chi connectivity index (χ3n) is 4.44. The van der Waals surface area contributed by atoms with E-state index in [4.69, 9.17) is 5.73 Å². The van der Waals surface area contributed by atoms with Gasteiger partial charge in [0.15, 0.2) is 5.96 Å². The molecule has 1 aromatic heterocycles. The summed E-state index contributed by atoms with van der Waals surface area (Å²) in [5.74, 6) is 0.415. The van der Waals surface area contributed by atoms with Crippen molar-refractivity contribution >= 4 is 23.0 Å². The number of ether oxygens (including phenoxy) is 1. The molecule has 0 radical (unpaired) electrons. The zero-order valence-electron chi connectivity index (χ0n) is 15.3. The number of aliphatic imine (C=N–C) groups is 1. The molecule has 2 heterocycles. The van der Waals surface area contributed by atoms with Gasteiger partial charge in [0.2, 0.25) is 0 Å².